The molecule has 1 aliphatic heterocycles. The standard InChI is InChI=1S/C16H18N6/c1-17-15-14(18-6-7-19-15)12-4-3-10-22(12)16-13-5-2-9-21(13)11-8-20-16/h2,5-9,11-12H,3-4,10H2,1H3,(H,17,19). The summed E-state index contributed by atoms with van der Waals surface area (Å²) in [4.78, 5) is 15.9. The summed E-state index contributed by atoms with van der Waals surface area (Å²) in [6.45, 7) is 0.988. The lowest BCUT2D eigenvalue weighted by atomic mass is 10.1. The van der Waals surface area contributed by atoms with Crippen LogP contribution in [0.4, 0.5) is 11.6 Å². The van der Waals surface area contributed by atoms with Gasteiger partial charge in [0.25, 0.3) is 0 Å². The van der Waals surface area contributed by atoms with E-state index < -0.39 is 0 Å². The maximum atomic E-state index is 4.63. The highest BCUT2D eigenvalue weighted by molar-refractivity contribution is 5.70. The van der Waals surface area contributed by atoms with E-state index in [1.165, 1.54) is 0 Å². The smallest absolute Gasteiger partial charge is 0.153 e. The third kappa shape index (κ3) is 1.99. The van der Waals surface area contributed by atoms with Crippen molar-refractivity contribution in [3.05, 3.63) is 48.8 Å². The molecule has 4 heterocycles. The zero-order chi connectivity index (χ0) is 14.9. The third-order valence-corrected chi connectivity index (χ3v) is 4.24. The number of hydrogen-bond acceptors (Lipinski definition) is 5. The van der Waals surface area contributed by atoms with Crippen molar-refractivity contribution >= 4 is 17.2 Å². The first-order valence-electron chi connectivity index (χ1n) is 7.55. The molecule has 1 N–H and O–H groups in total. The summed E-state index contributed by atoms with van der Waals surface area (Å²) in [5, 5.41) is 3.15. The van der Waals surface area contributed by atoms with Crippen molar-refractivity contribution in [1.82, 2.24) is 19.4 Å². The van der Waals surface area contributed by atoms with Gasteiger partial charge in [0.05, 0.1) is 11.6 Å². The normalized spacial score (nSPS) is 18.0. The van der Waals surface area contributed by atoms with Gasteiger partial charge in [-0.05, 0) is 25.0 Å². The maximum absolute atomic E-state index is 4.63. The van der Waals surface area contributed by atoms with Gasteiger partial charge in [0.2, 0.25) is 0 Å². The summed E-state index contributed by atoms with van der Waals surface area (Å²) >= 11 is 0. The van der Waals surface area contributed by atoms with Crippen molar-refractivity contribution in [1.29, 1.82) is 0 Å². The van der Waals surface area contributed by atoms with Crippen LogP contribution in [0.15, 0.2) is 43.1 Å². The fraction of sp³-hybridized carbons (Fsp3) is 0.312. The van der Waals surface area contributed by atoms with E-state index in [9.17, 15) is 0 Å². The number of fused-ring (bicyclic) bond motifs is 1. The average molecular weight is 294 g/mol. The molecule has 0 spiro atoms. The molecule has 0 saturated carbocycles. The second-order valence-corrected chi connectivity index (χ2v) is 5.44. The molecule has 1 unspecified atom stereocenters. The molecular formula is C16H18N6. The first kappa shape index (κ1) is 13.1. The average Bonchev–Trinajstić information content (AvgIpc) is 3.23. The summed E-state index contributed by atoms with van der Waals surface area (Å²) in [6, 6.07) is 4.37. The van der Waals surface area contributed by atoms with Crippen molar-refractivity contribution in [2.45, 2.75) is 18.9 Å². The number of hydrogen-bond donors (Lipinski definition) is 1. The first-order chi connectivity index (χ1) is 10.9. The number of aromatic nitrogens is 4. The number of rotatable bonds is 3. The Kier molecular flexibility index (Phi) is 3.14. The fourth-order valence-electron chi connectivity index (χ4n) is 3.27. The molecule has 1 aliphatic rings. The quantitative estimate of drug-likeness (QED) is 0.804. The minimum atomic E-state index is 0.213. The predicted octanol–water partition coefficient (Wildman–Crippen LogP) is 2.51. The molecular weight excluding hydrogens is 276 g/mol. The van der Waals surface area contributed by atoms with Crippen LogP contribution in [-0.2, 0) is 0 Å². The van der Waals surface area contributed by atoms with Crippen LogP contribution in [0, 0.1) is 0 Å². The summed E-state index contributed by atoms with van der Waals surface area (Å²) in [5.74, 6) is 1.87. The summed E-state index contributed by atoms with van der Waals surface area (Å²) in [7, 11) is 1.89. The van der Waals surface area contributed by atoms with E-state index in [1.54, 1.807) is 12.4 Å². The Morgan fingerprint density at radius 2 is 2.05 bits per heavy atom. The van der Waals surface area contributed by atoms with Gasteiger partial charge < -0.3 is 14.6 Å². The molecule has 3 aromatic rings. The number of nitrogens with zero attached hydrogens (tertiary/aromatic N) is 5. The zero-order valence-corrected chi connectivity index (χ0v) is 12.5. The Hall–Kier alpha value is -2.63. The van der Waals surface area contributed by atoms with Gasteiger partial charge in [-0.1, -0.05) is 0 Å². The van der Waals surface area contributed by atoms with E-state index in [-0.39, 0.29) is 6.04 Å². The lowest BCUT2D eigenvalue weighted by Gasteiger charge is -2.26. The minimum Gasteiger partial charge on any atom is -0.372 e. The van der Waals surface area contributed by atoms with Crippen LogP contribution < -0.4 is 10.2 Å². The molecule has 1 saturated heterocycles. The summed E-state index contributed by atoms with van der Waals surface area (Å²) in [6.07, 6.45) is 11.6. The molecule has 0 aliphatic carbocycles. The first-order valence-corrected chi connectivity index (χ1v) is 7.55. The van der Waals surface area contributed by atoms with Gasteiger partial charge in [-0.15, -0.1) is 0 Å². The zero-order valence-electron chi connectivity index (χ0n) is 12.5. The largest absolute Gasteiger partial charge is 0.372 e. The van der Waals surface area contributed by atoms with Crippen molar-refractivity contribution < 1.29 is 0 Å². The van der Waals surface area contributed by atoms with Crippen LogP contribution in [0.1, 0.15) is 24.6 Å². The van der Waals surface area contributed by atoms with Gasteiger partial charge in [-0.3, -0.25) is 4.98 Å². The van der Waals surface area contributed by atoms with E-state index >= 15 is 0 Å². The van der Waals surface area contributed by atoms with Gasteiger partial charge in [0.15, 0.2) is 5.82 Å². The molecule has 22 heavy (non-hydrogen) atoms. The van der Waals surface area contributed by atoms with Crippen molar-refractivity contribution in [3.63, 3.8) is 0 Å². The second kappa shape index (κ2) is 5.29. The van der Waals surface area contributed by atoms with Crippen LogP contribution in [0.5, 0.6) is 0 Å². The van der Waals surface area contributed by atoms with Gasteiger partial charge in [0, 0.05) is 44.6 Å². The fourth-order valence-corrected chi connectivity index (χ4v) is 3.27. The van der Waals surface area contributed by atoms with E-state index in [0.29, 0.717) is 0 Å². The monoisotopic (exact) mass is 294 g/mol. The highest BCUT2D eigenvalue weighted by Crippen LogP contribution is 2.37. The van der Waals surface area contributed by atoms with Crippen LogP contribution >= 0.6 is 0 Å². The van der Waals surface area contributed by atoms with E-state index in [2.05, 4.69) is 35.6 Å². The van der Waals surface area contributed by atoms with E-state index in [0.717, 1.165) is 42.2 Å². The van der Waals surface area contributed by atoms with Crippen molar-refractivity contribution in [3.8, 4) is 0 Å². The molecule has 0 amide bonds. The lowest BCUT2D eigenvalue weighted by Crippen LogP contribution is -2.25. The Balaban J connectivity index is 1.80. The Morgan fingerprint density at radius 1 is 1.14 bits per heavy atom. The molecule has 0 radical (unpaired) electrons. The topological polar surface area (TPSA) is 58.4 Å². The second-order valence-electron chi connectivity index (χ2n) is 5.44. The van der Waals surface area contributed by atoms with Crippen LogP contribution in [-0.4, -0.2) is 32.9 Å². The van der Waals surface area contributed by atoms with Crippen molar-refractivity contribution in [2.75, 3.05) is 23.8 Å². The Bertz CT molecular complexity index is 796. The van der Waals surface area contributed by atoms with Gasteiger partial charge in [0.1, 0.15) is 11.5 Å². The highest BCUT2D eigenvalue weighted by Gasteiger charge is 2.31. The van der Waals surface area contributed by atoms with Crippen LogP contribution in [0.25, 0.3) is 5.52 Å². The molecule has 6 nitrogen and oxygen atoms in total. The molecule has 0 aromatic carbocycles. The van der Waals surface area contributed by atoms with Crippen molar-refractivity contribution in [2.24, 2.45) is 0 Å². The number of anilines is 2. The Morgan fingerprint density at radius 3 is 2.95 bits per heavy atom. The predicted molar refractivity (Wildman–Crippen MR) is 86.1 cm³/mol. The molecule has 6 heteroatoms. The van der Waals surface area contributed by atoms with E-state index in [1.807, 2.05) is 31.7 Å². The van der Waals surface area contributed by atoms with Gasteiger partial charge in [-0.25, -0.2) is 9.97 Å². The molecule has 1 atom stereocenters. The lowest BCUT2D eigenvalue weighted by molar-refractivity contribution is 0.686. The molecule has 112 valence electrons. The molecule has 0 bridgehead atoms. The van der Waals surface area contributed by atoms with Gasteiger partial charge in [-0.2, -0.15) is 0 Å². The SMILES string of the molecule is CNc1nccnc1C1CCCN1c1nccn2cccc12. The molecule has 1 fully saturated rings. The minimum absolute atomic E-state index is 0.213. The molecule has 3 aromatic heterocycles. The van der Waals surface area contributed by atoms with E-state index in [4.69, 9.17) is 0 Å². The van der Waals surface area contributed by atoms with Crippen LogP contribution in [0.2, 0.25) is 0 Å². The number of nitrogens with one attached hydrogen (secondary N) is 1. The Labute approximate surface area is 128 Å². The summed E-state index contributed by atoms with van der Waals surface area (Å²) in [5.41, 5.74) is 2.13. The third-order valence-electron chi connectivity index (χ3n) is 4.24. The van der Waals surface area contributed by atoms with Crippen LogP contribution in [0.3, 0.4) is 0 Å². The summed E-state index contributed by atoms with van der Waals surface area (Å²) < 4.78 is 2.10. The van der Waals surface area contributed by atoms with Gasteiger partial charge >= 0.3 is 0 Å². The maximum Gasteiger partial charge on any atom is 0.153 e. The highest BCUT2D eigenvalue weighted by atomic mass is 15.3. The molecule has 4 rings (SSSR count).